The van der Waals surface area contributed by atoms with Crippen LogP contribution in [-0.2, 0) is 0 Å². The predicted molar refractivity (Wildman–Crippen MR) is 151 cm³/mol. The van der Waals surface area contributed by atoms with E-state index in [4.69, 9.17) is 0 Å². The van der Waals surface area contributed by atoms with Crippen LogP contribution in [0.2, 0.25) is 0 Å². The number of aryl methyl sites for hydroxylation is 1. The number of benzene rings is 3. The quantitative estimate of drug-likeness (QED) is 0.209. The zero-order chi connectivity index (χ0) is 26.0. The number of tetrazole rings is 1. The summed E-state index contributed by atoms with van der Waals surface area (Å²) in [6.45, 7) is 8.29. The van der Waals surface area contributed by atoms with Crippen molar-refractivity contribution in [1.29, 1.82) is 0 Å². The van der Waals surface area contributed by atoms with E-state index in [1.54, 1.807) is 0 Å². The maximum Gasteiger partial charge on any atom is 0.323 e. The summed E-state index contributed by atoms with van der Waals surface area (Å²) in [5, 5.41) is 20.5. The van der Waals surface area contributed by atoms with Crippen LogP contribution >= 0.6 is 0 Å². The van der Waals surface area contributed by atoms with Crippen LogP contribution in [0.25, 0.3) is 22.5 Å². The summed E-state index contributed by atoms with van der Waals surface area (Å²) in [5.41, 5.74) is 6.50. The second-order valence-electron chi connectivity index (χ2n) is 9.17. The first-order chi connectivity index (χ1) is 18.1. The molecule has 3 aromatic carbocycles. The van der Waals surface area contributed by atoms with E-state index in [0.29, 0.717) is 5.82 Å². The second kappa shape index (κ2) is 12.7. The fraction of sp³-hybridized carbons (Fsp3) is 0.310. The van der Waals surface area contributed by atoms with Crippen molar-refractivity contribution in [3.8, 4) is 22.5 Å². The van der Waals surface area contributed by atoms with Crippen LogP contribution in [0.3, 0.4) is 0 Å². The van der Waals surface area contributed by atoms with E-state index in [-0.39, 0.29) is 6.03 Å². The Morgan fingerprint density at radius 1 is 0.892 bits per heavy atom. The van der Waals surface area contributed by atoms with Gasteiger partial charge in [-0.3, -0.25) is 0 Å². The molecular weight excluding hydrogens is 462 g/mol. The van der Waals surface area contributed by atoms with Gasteiger partial charge in [-0.25, -0.2) is 9.89 Å². The van der Waals surface area contributed by atoms with Gasteiger partial charge in [0.25, 0.3) is 0 Å². The van der Waals surface area contributed by atoms with Gasteiger partial charge in [0, 0.05) is 24.3 Å². The normalized spacial score (nSPS) is 10.8. The molecule has 0 fully saturated rings. The topological polar surface area (TPSA) is 98.8 Å². The highest BCUT2D eigenvalue weighted by Gasteiger charge is 2.17. The largest absolute Gasteiger partial charge is 0.370 e. The number of aromatic nitrogens is 4. The highest BCUT2D eigenvalue weighted by molar-refractivity contribution is 6.02. The van der Waals surface area contributed by atoms with E-state index >= 15 is 0 Å². The van der Waals surface area contributed by atoms with Gasteiger partial charge in [0.2, 0.25) is 0 Å². The molecule has 0 aliphatic rings. The molecule has 3 N–H and O–H groups in total. The number of amides is 2. The van der Waals surface area contributed by atoms with Gasteiger partial charge in [-0.15, -0.1) is 5.10 Å². The molecule has 0 unspecified atom stereocenters. The molecule has 8 heteroatoms. The van der Waals surface area contributed by atoms with Crippen LogP contribution in [0.5, 0.6) is 0 Å². The number of rotatable bonds is 11. The van der Waals surface area contributed by atoms with Crippen molar-refractivity contribution < 1.29 is 4.79 Å². The van der Waals surface area contributed by atoms with E-state index in [1.807, 2.05) is 61.5 Å². The summed E-state index contributed by atoms with van der Waals surface area (Å²) in [7, 11) is 0. The number of unbranched alkanes of at least 4 members (excludes halogenated alkanes) is 2. The first kappa shape index (κ1) is 25.9. The number of carbonyl (C=O) groups excluding carboxylic acids is 1. The first-order valence-corrected chi connectivity index (χ1v) is 13.0. The molecule has 2 amide bonds. The molecular formula is C29H35N7O. The SMILES string of the molecule is CCCCN(CCCC)c1ccc(-c2ccccc2-c2nnn[nH]2)cc1NC(=O)Nc1ccc(C)cc1. The lowest BCUT2D eigenvalue weighted by Crippen LogP contribution is -2.28. The van der Waals surface area contributed by atoms with Gasteiger partial charge in [0.15, 0.2) is 5.82 Å². The van der Waals surface area contributed by atoms with Crippen molar-refractivity contribution in [2.75, 3.05) is 28.6 Å². The van der Waals surface area contributed by atoms with Gasteiger partial charge in [-0.05, 0) is 65.6 Å². The van der Waals surface area contributed by atoms with Crippen molar-refractivity contribution in [2.24, 2.45) is 0 Å². The zero-order valence-electron chi connectivity index (χ0n) is 21.8. The number of nitrogens with one attached hydrogen (secondary N) is 3. The lowest BCUT2D eigenvalue weighted by molar-refractivity contribution is 0.262. The van der Waals surface area contributed by atoms with Crippen LogP contribution in [0.1, 0.15) is 45.1 Å². The van der Waals surface area contributed by atoms with Gasteiger partial charge < -0.3 is 15.5 Å². The Bertz CT molecular complexity index is 1280. The van der Waals surface area contributed by atoms with Crippen molar-refractivity contribution in [3.05, 3.63) is 72.3 Å². The molecule has 4 rings (SSSR count). The summed E-state index contributed by atoms with van der Waals surface area (Å²) in [5.74, 6) is 0.596. The Balaban J connectivity index is 1.71. The molecule has 1 aromatic heterocycles. The third-order valence-electron chi connectivity index (χ3n) is 6.30. The Kier molecular flexibility index (Phi) is 8.86. The van der Waals surface area contributed by atoms with E-state index in [1.165, 1.54) is 0 Å². The number of nitrogens with zero attached hydrogens (tertiary/aromatic N) is 4. The monoisotopic (exact) mass is 497 g/mol. The van der Waals surface area contributed by atoms with Gasteiger partial charge in [-0.1, -0.05) is 74.7 Å². The zero-order valence-corrected chi connectivity index (χ0v) is 21.8. The fourth-order valence-electron chi connectivity index (χ4n) is 4.27. The fourth-order valence-corrected chi connectivity index (χ4v) is 4.27. The van der Waals surface area contributed by atoms with Crippen LogP contribution in [0.4, 0.5) is 21.9 Å². The molecule has 0 saturated carbocycles. The highest BCUT2D eigenvalue weighted by Crippen LogP contribution is 2.36. The lowest BCUT2D eigenvalue weighted by Gasteiger charge is -2.28. The van der Waals surface area contributed by atoms with E-state index < -0.39 is 0 Å². The van der Waals surface area contributed by atoms with E-state index in [0.717, 1.165) is 78.1 Å². The summed E-state index contributed by atoms with van der Waals surface area (Å²) in [6.07, 6.45) is 4.38. The number of hydrogen-bond donors (Lipinski definition) is 3. The molecule has 0 spiro atoms. The Morgan fingerprint density at radius 3 is 2.24 bits per heavy atom. The van der Waals surface area contributed by atoms with Gasteiger partial charge in [0.05, 0.1) is 11.4 Å². The summed E-state index contributed by atoms with van der Waals surface area (Å²) in [4.78, 5) is 15.5. The van der Waals surface area contributed by atoms with Crippen molar-refractivity contribution in [2.45, 2.75) is 46.5 Å². The van der Waals surface area contributed by atoms with Crippen LogP contribution < -0.4 is 15.5 Å². The Labute approximate surface area is 218 Å². The van der Waals surface area contributed by atoms with E-state index in [2.05, 4.69) is 62.1 Å². The summed E-state index contributed by atoms with van der Waals surface area (Å²) < 4.78 is 0. The number of aromatic amines is 1. The third kappa shape index (κ3) is 6.73. The van der Waals surface area contributed by atoms with Crippen molar-refractivity contribution in [1.82, 2.24) is 20.6 Å². The van der Waals surface area contributed by atoms with Crippen molar-refractivity contribution in [3.63, 3.8) is 0 Å². The molecule has 1 heterocycles. The number of H-pyrrole nitrogens is 1. The highest BCUT2D eigenvalue weighted by atomic mass is 16.2. The summed E-state index contributed by atoms with van der Waals surface area (Å²) in [6, 6.07) is 21.7. The Hall–Kier alpha value is -4.20. The first-order valence-electron chi connectivity index (χ1n) is 13.0. The third-order valence-corrected chi connectivity index (χ3v) is 6.30. The smallest absolute Gasteiger partial charge is 0.323 e. The molecule has 0 aliphatic carbocycles. The molecule has 0 radical (unpaired) electrons. The van der Waals surface area contributed by atoms with E-state index in [9.17, 15) is 4.79 Å². The predicted octanol–water partition coefficient (Wildman–Crippen LogP) is 6.89. The molecule has 0 saturated heterocycles. The average Bonchev–Trinajstić information content (AvgIpc) is 3.45. The molecule has 4 aromatic rings. The number of hydrogen-bond acceptors (Lipinski definition) is 5. The molecule has 0 aliphatic heterocycles. The number of urea groups is 1. The Morgan fingerprint density at radius 2 is 1.59 bits per heavy atom. The number of anilines is 3. The molecule has 192 valence electrons. The van der Waals surface area contributed by atoms with Gasteiger partial charge >= 0.3 is 6.03 Å². The maximum atomic E-state index is 13.1. The average molecular weight is 498 g/mol. The summed E-state index contributed by atoms with van der Waals surface area (Å²) >= 11 is 0. The number of carbonyl (C=O) groups is 1. The molecule has 0 bridgehead atoms. The minimum Gasteiger partial charge on any atom is -0.370 e. The minimum absolute atomic E-state index is 0.277. The standard InChI is InChI=1S/C29H35N7O/c1-4-6-18-36(19-7-5-2)27-17-14-22(24-10-8-9-11-25(24)28-32-34-35-33-28)20-26(27)31-29(37)30-23-15-12-21(3)13-16-23/h8-17,20H,4-7,18-19H2,1-3H3,(H2,30,31,37)(H,32,33,34,35). The van der Waals surface area contributed by atoms with Crippen molar-refractivity contribution >= 4 is 23.1 Å². The minimum atomic E-state index is -0.277. The van der Waals surface area contributed by atoms with Crippen LogP contribution in [-0.4, -0.2) is 39.7 Å². The molecule has 37 heavy (non-hydrogen) atoms. The molecule has 0 atom stereocenters. The van der Waals surface area contributed by atoms with Crippen LogP contribution in [0.15, 0.2) is 66.7 Å². The second-order valence-corrected chi connectivity index (χ2v) is 9.17. The van der Waals surface area contributed by atoms with Gasteiger partial charge in [-0.2, -0.15) is 0 Å². The maximum absolute atomic E-state index is 13.1. The van der Waals surface area contributed by atoms with Crippen LogP contribution in [0, 0.1) is 6.92 Å². The molecule has 8 nitrogen and oxygen atoms in total. The van der Waals surface area contributed by atoms with Gasteiger partial charge in [0.1, 0.15) is 0 Å². The lowest BCUT2D eigenvalue weighted by atomic mass is 9.98.